The van der Waals surface area contributed by atoms with Gasteiger partial charge in [-0.2, -0.15) is 0 Å². The van der Waals surface area contributed by atoms with Gasteiger partial charge in [0.2, 0.25) is 0 Å². The van der Waals surface area contributed by atoms with Crippen LogP contribution in [0, 0.1) is 0 Å². The Hall–Kier alpha value is -3.41. The van der Waals surface area contributed by atoms with Gasteiger partial charge in [-0.1, -0.05) is 24.3 Å². The molecular weight excluding hydrogens is 328 g/mol. The van der Waals surface area contributed by atoms with E-state index in [9.17, 15) is 4.79 Å². The predicted octanol–water partition coefficient (Wildman–Crippen LogP) is 3.90. The van der Waals surface area contributed by atoms with Crippen molar-refractivity contribution in [3.8, 4) is 5.75 Å². The van der Waals surface area contributed by atoms with E-state index in [2.05, 4.69) is 15.5 Å². The van der Waals surface area contributed by atoms with Crippen molar-refractivity contribution in [2.75, 3.05) is 23.9 Å². The minimum Gasteiger partial charge on any atom is -0.497 e. The zero-order valence-electron chi connectivity index (χ0n) is 14.7. The summed E-state index contributed by atoms with van der Waals surface area (Å²) in [7, 11) is 1.58. The lowest BCUT2D eigenvalue weighted by Crippen LogP contribution is -2.19. The zero-order valence-corrected chi connectivity index (χ0v) is 14.7. The highest BCUT2D eigenvalue weighted by molar-refractivity contribution is 6.02. The van der Waals surface area contributed by atoms with Crippen LogP contribution in [0.15, 0.2) is 66.7 Å². The van der Waals surface area contributed by atoms with Crippen LogP contribution in [-0.2, 0) is 0 Å². The van der Waals surface area contributed by atoms with Crippen molar-refractivity contribution in [3.05, 3.63) is 72.4 Å². The van der Waals surface area contributed by atoms with Crippen LogP contribution < -0.4 is 15.0 Å². The Balaban J connectivity index is 1.75. The van der Waals surface area contributed by atoms with E-state index in [0.717, 1.165) is 12.2 Å². The van der Waals surface area contributed by atoms with Gasteiger partial charge in [0.1, 0.15) is 5.75 Å². The molecule has 0 aliphatic heterocycles. The molecule has 0 saturated carbocycles. The average molecular weight is 348 g/mol. The lowest BCUT2D eigenvalue weighted by atomic mass is 10.2. The number of nitrogens with zero attached hydrogens (tertiary/aromatic N) is 3. The largest absolute Gasteiger partial charge is 0.497 e. The summed E-state index contributed by atoms with van der Waals surface area (Å²) in [5, 5.41) is 11.1. The van der Waals surface area contributed by atoms with Crippen LogP contribution in [0.25, 0.3) is 0 Å². The number of carbonyl (C=O) groups excluding carboxylic acids is 1. The highest BCUT2D eigenvalue weighted by Gasteiger charge is 2.12. The maximum absolute atomic E-state index is 12.4. The third-order valence-electron chi connectivity index (χ3n) is 3.87. The molecule has 3 rings (SSSR count). The van der Waals surface area contributed by atoms with Crippen LogP contribution in [0.3, 0.4) is 0 Å². The molecule has 0 aliphatic rings. The Morgan fingerprint density at radius 1 is 1.04 bits per heavy atom. The molecule has 1 N–H and O–H groups in total. The molecule has 0 unspecified atom stereocenters. The van der Waals surface area contributed by atoms with Crippen molar-refractivity contribution in [1.29, 1.82) is 0 Å². The molecule has 26 heavy (non-hydrogen) atoms. The number of rotatable bonds is 6. The first-order chi connectivity index (χ1) is 12.7. The summed E-state index contributed by atoms with van der Waals surface area (Å²) >= 11 is 0. The normalized spacial score (nSPS) is 10.2. The monoisotopic (exact) mass is 348 g/mol. The van der Waals surface area contributed by atoms with Gasteiger partial charge in [0.25, 0.3) is 5.91 Å². The van der Waals surface area contributed by atoms with E-state index in [-0.39, 0.29) is 11.6 Å². The SMILES string of the molecule is CCN(c1ccccc1)c1ccc(C(=O)Nc2cccc(OC)c2)nn1. The summed E-state index contributed by atoms with van der Waals surface area (Å²) in [5.41, 5.74) is 1.92. The first-order valence-electron chi connectivity index (χ1n) is 8.33. The Bertz CT molecular complexity index is 866. The minimum atomic E-state index is -0.319. The number of hydrogen-bond acceptors (Lipinski definition) is 5. The number of benzene rings is 2. The second-order valence-electron chi connectivity index (χ2n) is 5.54. The Labute approximate surface area is 152 Å². The predicted molar refractivity (Wildman–Crippen MR) is 102 cm³/mol. The molecule has 0 radical (unpaired) electrons. The third-order valence-corrected chi connectivity index (χ3v) is 3.87. The number of amides is 1. The van der Waals surface area contributed by atoms with E-state index in [1.54, 1.807) is 31.4 Å². The molecule has 0 spiro atoms. The van der Waals surface area contributed by atoms with Crippen LogP contribution in [0.1, 0.15) is 17.4 Å². The van der Waals surface area contributed by atoms with Gasteiger partial charge in [-0.05, 0) is 43.3 Å². The fourth-order valence-corrected chi connectivity index (χ4v) is 2.57. The number of methoxy groups -OCH3 is 1. The van der Waals surface area contributed by atoms with Crippen molar-refractivity contribution < 1.29 is 9.53 Å². The van der Waals surface area contributed by atoms with E-state index in [1.807, 2.05) is 54.3 Å². The molecule has 0 aliphatic carbocycles. The summed E-state index contributed by atoms with van der Waals surface area (Å²) in [4.78, 5) is 14.4. The molecule has 132 valence electrons. The van der Waals surface area contributed by atoms with Gasteiger partial charge in [-0.3, -0.25) is 4.79 Å². The van der Waals surface area contributed by atoms with E-state index >= 15 is 0 Å². The molecule has 6 nitrogen and oxygen atoms in total. The van der Waals surface area contributed by atoms with E-state index in [1.165, 1.54) is 0 Å². The van der Waals surface area contributed by atoms with Crippen molar-refractivity contribution in [2.24, 2.45) is 0 Å². The standard InChI is InChI=1S/C20H20N4O2/c1-3-24(16-9-5-4-6-10-16)19-13-12-18(22-23-19)20(25)21-15-8-7-11-17(14-15)26-2/h4-14H,3H2,1-2H3,(H,21,25). The van der Waals surface area contributed by atoms with Crippen LogP contribution >= 0.6 is 0 Å². The molecule has 2 aromatic carbocycles. The average Bonchev–Trinajstić information content (AvgIpc) is 2.70. The Kier molecular flexibility index (Phi) is 5.43. The number of anilines is 3. The number of carbonyl (C=O) groups is 1. The molecule has 6 heteroatoms. The molecule has 0 atom stereocenters. The fourth-order valence-electron chi connectivity index (χ4n) is 2.57. The molecule has 3 aromatic rings. The molecular formula is C20H20N4O2. The number of nitrogens with one attached hydrogen (secondary N) is 1. The van der Waals surface area contributed by atoms with Gasteiger partial charge in [-0.15, -0.1) is 10.2 Å². The van der Waals surface area contributed by atoms with Crippen molar-refractivity contribution in [2.45, 2.75) is 6.92 Å². The van der Waals surface area contributed by atoms with Gasteiger partial charge in [0, 0.05) is 24.0 Å². The minimum absolute atomic E-state index is 0.251. The Morgan fingerprint density at radius 3 is 2.50 bits per heavy atom. The summed E-state index contributed by atoms with van der Waals surface area (Å²) in [6.45, 7) is 2.78. The van der Waals surface area contributed by atoms with Gasteiger partial charge in [0.05, 0.1) is 7.11 Å². The van der Waals surface area contributed by atoms with E-state index in [0.29, 0.717) is 17.3 Å². The number of aromatic nitrogens is 2. The number of hydrogen-bond donors (Lipinski definition) is 1. The summed E-state index contributed by atoms with van der Waals surface area (Å²) < 4.78 is 5.15. The topological polar surface area (TPSA) is 67.4 Å². The third kappa shape index (κ3) is 3.97. The molecule has 0 bridgehead atoms. The summed E-state index contributed by atoms with van der Waals surface area (Å²) in [6, 6.07) is 20.5. The number of para-hydroxylation sites is 1. The lowest BCUT2D eigenvalue weighted by molar-refractivity contribution is 0.102. The maximum Gasteiger partial charge on any atom is 0.276 e. The molecule has 1 aromatic heterocycles. The van der Waals surface area contributed by atoms with Crippen molar-refractivity contribution >= 4 is 23.1 Å². The van der Waals surface area contributed by atoms with Crippen molar-refractivity contribution in [3.63, 3.8) is 0 Å². The second-order valence-corrected chi connectivity index (χ2v) is 5.54. The molecule has 1 amide bonds. The summed E-state index contributed by atoms with van der Waals surface area (Å²) in [6.07, 6.45) is 0. The van der Waals surface area contributed by atoms with Crippen LogP contribution in [-0.4, -0.2) is 29.8 Å². The van der Waals surface area contributed by atoms with Crippen molar-refractivity contribution in [1.82, 2.24) is 10.2 Å². The maximum atomic E-state index is 12.4. The van der Waals surface area contributed by atoms with Gasteiger partial charge >= 0.3 is 0 Å². The first-order valence-corrected chi connectivity index (χ1v) is 8.33. The highest BCUT2D eigenvalue weighted by Crippen LogP contribution is 2.22. The lowest BCUT2D eigenvalue weighted by Gasteiger charge is -2.21. The van der Waals surface area contributed by atoms with E-state index in [4.69, 9.17) is 4.74 Å². The molecule has 1 heterocycles. The van der Waals surface area contributed by atoms with Gasteiger partial charge in [-0.25, -0.2) is 0 Å². The van der Waals surface area contributed by atoms with Gasteiger partial charge in [0.15, 0.2) is 11.5 Å². The molecule has 0 fully saturated rings. The van der Waals surface area contributed by atoms with Crippen LogP contribution in [0.4, 0.5) is 17.2 Å². The smallest absolute Gasteiger partial charge is 0.276 e. The summed E-state index contributed by atoms with van der Waals surface area (Å²) in [5.74, 6) is 1.04. The zero-order chi connectivity index (χ0) is 18.4. The fraction of sp³-hybridized carbons (Fsp3) is 0.150. The van der Waals surface area contributed by atoms with Crippen LogP contribution in [0.5, 0.6) is 5.75 Å². The Morgan fingerprint density at radius 2 is 1.85 bits per heavy atom. The number of ether oxygens (including phenoxy) is 1. The van der Waals surface area contributed by atoms with Crippen LogP contribution in [0.2, 0.25) is 0 Å². The quantitative estimate of drug-likeness (QED) is 0.732. The molecule has 0 saturated heterocycles. The first kappa shape index (κ1) is 17.4. The van der Waals surface area contributed by atoms with Gasteiger partial charge < -0.3 is 15.0 Å². The second kappa shape index (κ2) is 8.11. The highest BCUT2D eigenvalue weighted by atomic mass is 16.5. The van der Waals surface area contributed by atoms with E-state index < -0.39 is 0 Å².